The van der Waals surface area contributed by atoms with Gasteiger partial charge in [0.15, 0.2) is 0 Å². The van der Waals surface area contributed by atoms with E-state index in [1.165, 1.54) is 0 Å². The molecular weight excluding hydrogens is 284 g/mol. The van der Waals surface area contributed by atoms with Crippen LogP contribution >= 0.6 is 0 Å². The van der Waals surface area contributed by atoms with Gasteiger partial charge in [0.05, 0.1) is 4.90 Å². The van der Waals surface area contributed by atoms with Crippen LogP contribution in [0.15, 0.2) is 41.3 Å². The van der Waals surface area contributed by atoms with E-state index in [-0.39, 0.29) is 6.04 Å². The summed E-state index contributed by atoms with van der Waals surface area (Å²) in [6.45, 7) is 0. The summed E-state index contributed by atoms with van der Waals surface area (Å²) in [5.41, 5.74) is 6.42. The lowest BCUT2D eigenvalue weighted by atomic mass is 10.1. The zero-order chi connectivity index (χ0) is 15.0. The van der Waals surface area contributed by atoms with E-state index >= 15 is 0 Å². The van der Waals surface area contributed by atoms with Crippen molar-refractivity contribution in [2.45, 2.75) is 36.6 Å². The van der Waals surface area contributed by atoms with Gasteiger partial charge >= 0.3 is 0 Å². The smallest absolute Gasteiger partial charge is 0.243 e. The van der Waals surface area contributed by atoms with Gasteiger partial charge in [0.2, 0.25) is 10.0 Å². The second-order valence-electron chi connectivity index (χ2n) is 5.70. The molecule has 3 rings (SSSR count). The Morgan fingerprint density at radius 2 is 1.86 bits per heavy atom. The van der Waals surface area contributed by atoms with Gasteiger partial charge in [-0.1, -0.05) is 31.0 Å². The lowest BCUT2D eigenvalue weighted by Crippen LogP contribution is -2.35. The average Bonchev–Trinajstić information content (AvgIpc) is 2.99. The highest BCUT2D eigenvalue weighted by Gasteiger charge is 2.30. The van der Waals surface area contributed by atoms with E-state index < -0.39 is 10.0 Å². The van der Waals surface area contributed by atoms with Gasteiger partial charge in [-0.2, -0.15) is 4.31 Å². The molecule has 0 aliphatic heterocycles. The molecule has 0 bridgehead atoms. The zero-order valence-corrected chi connectivity index (χ0v) is 12.9. The Morgan fingerprint density at radius 3 is 2.57 bits per heavy atom. The van der Waals surface area contributed by atoms with Crippen LogP contribution in [-0.4, -0.2) is 25.8 Å². The molecule has 5 heteroatoms. The van der Waals surface area contributed by atoms with Gasteiger partial charge in [-0.25, -0.2) is 8.42 Å². The van der Waals surface area contributed by atoms with E-state index in [1.807, 2.05) is 12.1 Å². The van der Waals surface area contributed by atoms with Gasteiger partial charge in [-0.15, -0.1) is 0 Å². The molecule has 0 radical (unpaired) electrons. The summed E-state index contributed by atoms with van der Waals surface area (Å²) in [4.78, 5) is 0.370. The van der Waals surface area contributed by atoms with E-state index in [0.717, 1.165) is 36.5 Å². The third kappa shape index (κ3) is 2.51. The standard InChI is InChI=1S/C16H20N2O2S/c1-18(14-6-2-3-7-14)21(19,20)16-8-4-5-12-11-13(17)9-10-15(12)16/h4-5,8-11,14H,2-3,6-7,17H2,1H3. The molecule has 2 aromatic carbocycles. The van der Waals surface area contributed by atoms with Gasteiger partial charge < -0.3 is 5.73 Å². The first-order valence-electron chi connectivity index (χ1n) is 7.26. The molecular formula is C16H20N2O2S. The first-order valence-corrected chi connectivity index (χ1v) is 8.70. The highest BCUT2D eigenvalue weighted by molar-refractivity contribution is 7.89. The van der Waals surface area contributed by atoms with Gasteiger partial charge in [-0.3, -0.25) is 0 Å². The maximum atomic E-state index is 12.9. The van der Waals surface area contributed by atoms with Gasteiger partial charge in [-0.05, 0) is 36.4 Å². The fourth-order valence-electron chi connectivity index (χ4n) is 3.12. The fraction of sp³-hybridized carbons (Fsp3) is 0.375. The molecule has 1 saturated carbocycles. The third-order valence-corrected chi connectivity index (χ3v) is 6.33. The average molecular weight is 304 g/mol. The minimum Gasteiger partial charge on any atom is -0.399 e. The number of sulfonamides is 1. The van der Waals surface area contributed by atoms with Crippen LogP contribution in [-0.2, 0) is 10.0 Å². The monoisotopic (exact) mass is 304 g/mol. The predicted octanol–water partition coefficient (Wildman–Crippen LogP) is 2.99. The third-order valence-electron chi connectivity index (χ3n) is 4.36. The Hall–Kier alpha value is -1.59. The van der Waals surface area contributed by atoms with E-state index in [9.17, 15) is 8.42 Å². The van der Waals surface area contributed by atoms with Crippen molar-refractivity contribution < 1.29 is 8.42 Å². The zero-order valence-electron chi connectivity index (χ0n) is 12.1. The number of anilines is 1. The minimum absolute atomic E-state index is 0.124. The summed E-state index contributed by atoms with van der Waals surface area (Å²) >= 11 is 0. The van der Waals surface area contributed by atoms with Crippen LogP contribution in [0.3, 0.4) is 0 Å². The lowest BCUT2D eigenvalue weighted by molar-refractivity contribution is 0.373. The SMILES string of the molecule is CN(C1CCCC1)S(=O)(=O)c1cccc2cc(N)ccc12. The molecule has 0 aromatic heterocycles. The maximum Gasteiger partial charge on any atom is 0.243 e. The number of nitrogens with two attached hydrogens (primary N) is 1. The van der Waals surface area contributed by atoms with Gasteiger partial charge in [0.1, 0.15) is 0 Å². The molecule has 21 heavy (non-hydrogen) atoms. The summed E-state index contributed by atoms with van der Waals surface area (Å²) in [6, 6.07) is 10.8. The van der Waals surface area contributed by atoms with Crippen LogP contribution < -0.4 is 5.73 Å². The van der Waals surface area contributed by atoms with Gasteiger partial charge in [0, 0.05) is 24.2 Å². The maximum absolute atomic E-state index is 12.9. The van der Waals surface area contributed by atoms with E-state index in [1.54, 1.807) is 35.6 Å². The Kier molecular flexibility index (Phi) is 3.63. The summed E-state index contributed by atoms with van der Waals surface area (Å²) in [6.07, 6.45) is 4.12. The number of benzene rings is 2. The minimum atomic E-state index is -3.47. The highest BCUT2D eigenvalue weighted by atomic mass is 32.2. The van der Waals surface area contributed by atoms with Crippen LogP contribution in [0.2, 0.25) is 0 Å². The molecule has 0 heterocycles. The van der Waals surface area contributed by atoms with Crippen LogP contribution in [0.25, 0.3) is 10.8 Å². The van der Waals surface area contributed by atoms with E-state index in [2.05, 4.69) is 0 Å². The topological polar surface area (TPSA) is 63.4 Å². The first-order chi connectivity index (χ1) is 10.00. The van der Waals surface area contributed by atoms with Crippen molar-refractivity contribution in [3.8, 4) is 0 Å². The molecule has 1 aliphatic carbocycles. The van der Waals surface area contributed by atoms with Crippen LogP contribution in [0.4, 0.5) is 5.69 Å². The molecule has 0 amide bonds. The summed E-state index contributed by atoms with van der Waals surface area (Å²) < 4.78 is 27.4. The summed E-state index contributed by atoms with van der Waals surface area (Å²) in [5.74, 6) is 0. The molecule has 1 aliphatic rings. The van der Waals surface area contributed by atoms with Crippen molar-refractivity contribution in [2.75, 3.05) is 12.8 Å². The Bertz CT molecular complexity index is 765. The van der Waals surface area contributed by atoms with Crippen LogP contribution in [0.5, 0.6) is 0 Å². The number of rotatable bonds is 3. The normalized spacial score (nSPS) is 16.9. The Labute approximate surface area is 125 Å². The molecule has 112 valence electrons. The molecule has 1 fully saturated rings. The number of fused-ring (bicyclic) bond motifs is 1. The molecule has 2 aromatic rings. The van der Waals surface area contributed by atoms with Gasteiger partial charge in [0.25, 0.3) is 0 Å². The summed E-state index contributed by atoms with van der Waals surface area (Å²) in [7, 11) is -1.77. The largest absolute Gasteiger partial charge is 0.399 e. The van der Waals surface area contributed by atoms with Crippen molar-refractivity contribution in [2.24, 2.45) is 0 Å². The molecule has 2 N–H and O–H groups in total. The molecule has 0 atom stereocenters. The number of nitrogen functional groups attached to an aromatic ring is 1. The van der Waals surface area contributed by atoms with Crippen LogP contribution in [0.1, 0.15) is 25.7 Å². The summed E-state index contributed by atoms with van der Waals surface area (Å²) in [5, 5.41) is 1.59. The number of nitrogens with zero attached hydrogens (tertiary/aromatic N) is 1. The molecule has 0 spiro atoms. The van der Waals surface area contributed by atoms with Crippen molar-refractivity contribution >= 4 is 26.5 Å². The second-order valence-corrected chi connectivity index (χ2v) is 7.66. The highest BCUT2D eigenvalue weighted by Crippen LogP contribution is 2.31. The molecule has 0 saturated heterocycles. The van der Waals surface area contributed by atoms with E-state index in [4.69, 9.17) is 5.73 Å². The Morgan fingerprint density at radius 1 is 1.14 bits per heavy atom. The molecule has 4 nitrogen and oxygen atoms in total. The second kappa shape index (κ2) is 5.31. The molecule has 0 unspecified atom stereocenters. The van der Waals surface area contributed by atoms with Crippen molar-refractivity contribution in [3.05, 3.63) is 36.4 Å². The number of hydrogen-bond donors (Lipinski definition) is 1. The first kappa shape index (κ1) is 14.4. The van der Waals surface area contributed by atoms with Crippen molar-refractivity contribution in [1.82, 2.24) is 4.31 Å². The fourth-order valence-corrected chi connectivity index (χ4v) is 4.74. The van der Waals surface area contributed by atoms with E-state index in [0.29, 0.717) is 10.6 Å². The lowest BCUT2D eigenvalue weighted by Gasteiger charge is -2.24. The quantitative estimate of drug-likeness (QED) is 0.887. The van der Waals surface area contributed by atoms with Crippen molar-refractivity contribution in [1.29, 1.82) is 0 Å². The van der Waals surface area contributed by atoms with Crippen molar-refractivity contribution in [3.63, 3.8) is 0 Å². The predicted molar refractivity (Wildman–Crippen MR) is 85.6 cm³/mol. The number of hydrogen-bond acceptors (Lipinski definition) is 3. The van der Waals surface area contributed by atoms with Crippen LogP contribution in [0, 0.1) is 0 Å². The Balaban J connectivity index is 2.10.